The third-order valence-electron chi connectivity index (χ3n) is 4.20. The number of rotatable bonds is 7. The summed E-state index contributed by atoms with van der Waals surface area (Å²) in [7, 11) is 0. The number of epoxide rings is 1. The smallest absolute Gasteiger partial charge is 0.311 e. The highest BCUT2D eigenvalue weighted by molar-refractivity contribution is 5.76. The topological polar surface area (TPSA) is 38.8 Å². The van der Waals surface area contributed by atoms with Gasteiger partial charge in [0.15, 0.2) is 0 Å². The zero-order valence-electron chi connectivity index (χ0n) is 12.6. The molecule has 20 heavy (non-hydrogen) atoms. The van der Waals surface area contributed by atoms with E-state index in [4.69, 9.17) is 9.47 Å². The van der Waals surface area contributed by atoms with Crippen molar-refractivity contribution in [1.82, 2.24) is 0 Å². The van der Waals surface area contributed by atoms with Gasteiger partial charge in [0.25, 0.3) is 0 Å². The summed E-state index contributed by atoms with van der Waals surface area (Å²) in [5.74, 6) is 0.240. The fourth-order valence-corrected chi connectivity index (χ4v) is 2.45. The molecule has 0 aliphatic carbocycles. The molecule has 0 bridgehead atoms. The summed E-state index contributed by atoms with van der Waals surface area (Å²) in [6.07, 6.45) is 1.72. The van der Waals surface area contributed by atoms with Crippen molar-refractivity contribution in [2.24, 2.45) is 5.41 Å². The standard InChI is InChI=1S/C17H24O3/c1-4-17(3,16(18)20-12-15-11-19-15)10-13(2)14-8-6-5-7-9-14/h5-9,13,15H,4,10-12H2,1-3H3. The molecule has 1 aromatic rings. The second-order valence-corrected chi connectivity index (χ2v) is 5.98. The van der Waals surface area contributed by atoms with Gasteiger partial charge in [-0.2, -0.15) is 0 Å². The van der Waals surface area contributed by atoms with E-state index in [0.29, 0.717) is 12.5 Å². The van der Waals surface area contributed by atoms with Gasteiger partial charge in [-0.05, 0) is 31.2 Å². The van der Waals surface area contributed by atoms with E-state index in [-0.39, 0.29) is 12.1 Å². The molecule has 1 saturated heterocycles. The summed E-state index contributed by atoms with van der Waals surface area (Å²) in [4.78, 5) is 12.3. The summed E-state index contributed by atoms with van der Waals surface area (Å²) < 4.78 is 10.5. The van der Waals surface area contributed by atoms with Crippen molar-refractivity contribution in [2.45, 2.75) is 45.6 Å². The maximum Gasteiger partial charge on any atom is 0.311 e. The lowest BCUT2D eigenvalue weighted by molar-refractivity contribution is -0.156. The van der Waals surface area contributed by atoms with Crippen molar-refractivity contribution >= 4 is 5.97 Å². The fourth-order valence-electron chi connectivity index (χ4n) is 2.45. The molecule has 110 valence electrons. The highest BCUT2D eigenvalue weighted by atomic mass is 16.6. The van der Waals surface area contributed by atoms with Crippen LogP contribution in [0.25, 0.3) is 0 Å². The first-order valence-electron chi connectivity index (χ1n) is 7.39. The lowest BCUT2D eigenvalue weighted by Crippen LogP contribution is -2.31. The molecule has 0 N–H and O–H groups in total. The number of hydrogen-bond donors (Lipinski definition) is 0. The Kier molecular flexibility index (Phi) is 4.81. The first-order valence-corrected chi connectivity index (χ1v) is 7.39. The van der Waals surface area contributed by atoms with E-state index >= 15 is 0 Å². The van der Waals surface area contributed by atoms with Gasteiger partial charge >= 0.3 is 5.97 Å². The highest BCUT2D eigenvalue weighted by Crippen LogP contribution is 2.35. The van der Waals surface area contributed by atoms with Gasteiger partial charge in [0.05, 0.1) is 12.0 Å². The molecule has 1 aromatic carbocycles. The van der Waals surface area contributed by atoms with Gasteiger partial charge < -0.3 is 9.47 Å². The third-order valence-corrected chi connectivity index (χ3v) is 4.20. The van der Waals surface area contributed by atoms with E-state index in [1.807, 2.05) is 32.0 Å². The average Bonchev–Trinajstić information content (AvgIpc) is 3.29. The first kappa shape index (κ1) is 15.0. The van der Waals surface area contributed by atoms with Crippen molar-refractivity contribution in [3.8, 4) is 0 Å². The SMILES string of the molecule is CCC(C)(CC(C)c1ccccc1)C(=O)OCC1CO1. The van der Waals surface area contributed by atoms with Crippen molar-refractivity contribution in [2.75, 3.05) is 13.2 Å². The van der Waals surface area contributed by atoms with Crippen LogP contribution in [0.1, 0.15) is 45.1 Å². The normalized spacial score (nSPS) is 21.9. The number of carbonyl (C=O) groups excluding carboxylic acids is 1. The van der Waals surface area contributed by atoms with E-state index in [2.05, 4.69) is 19.1 Å². The van der Waals surface area contributed by atoms with Crippen molar-refractivity contribution in [3.63, 3.8) is 0 Å². The summed E-state index contributed by atoms with van der Waals surface area (Å²) in [6.45, 7) is 7.33. The Bertz CT molecular complexity index is 439. The van der Waals surface area contributed by atoms with Gasteiger partial charge in [-0.25, -0.2) is 0 Å². The van der Waals surface area contributed by atoms with E-state index in [1.54, 1.807) is 0 Å². The van der Waals surface area contributed by atoms with Crippen molar-refractivity contribution in [1.29, 1.82) is 0 Å². The monoisotopic (exact) mass is 276 g/mol. The molecular formula is C17H24O3. The molecule has 0 spiro atoms. The van der Waals surface area contributed by atoms with Gasteiger partial charge in [-0.1, -0.05) is 44.2 Å². The summed E-state index contributed by atoms with van der Waals surface area (Å²) in [6, 6.07) is 10.3. The van der Waals surface area contributed by atoms with Crippen LogP contribution in [-0.2, 0) is 14.3 Å². The molecule has 3 nitrogen and oxygen atoms in total. The van der Waals surface area contributed by atoms with Crippen LogP contribution in [-0.4, -0.2) is 25.3 Å². The third kappa shape index (κ3) is 3.83. The quantitative estimate of drug-likeness (QED) is 0.565. The highest BCUT2D eigenvalue weighted by Gasteiger charge is 2.36. The Morgan fingerprint density at radius 3 is 2.65 bits per heavy atom. The maximum absolute atomic E-state index is 12.3. The summed E-state index contributed by atoms with van der Waals surface area (Å²) >= 11 is 0. The van der Waals surface area contributed by atoms with Crippen molar-refractivity contribution < 1.29 is 14.3 Å². The molecule has 1 aliphatic heterocycles. The number of carbonyl (C=O) groups is 1. The van der Waals surface area contributed by atoms with E-state index < -0.39 is 5.41 Å². The Morgan fingerprint density at radius 1 is 1.45 bits per heavy atom. The molecule has 2 rings (SSSR count). The molecule has 0 saturated carbocycles. The minimum atomic E-state index is -0.426. The molecule has 1 aliphatic rings. The number of benzene rings is 1. The molecule has 1 fully saturated rings. The lowest BCUT2D eigenvalue weighted by atomic mass is 9.77. The van der Waals surface area contributed by atoms with Crippen LogP contribution >= 0.6 is 0 Å². The van der Waals surface area contributed by atoms with Crippen LogP contribution in [0.2, 0.25) is 0 Å². The van der Waals surface area contributed by atoms with Gasteiger partial charge in [0.1, 0.15) is 12.7 Å². The Morgan fingerprint density at radius 2 is 2.10 bits per heavy atom. The lowest BCUT2D eigenvalue weighted by Gasteiger charge is -2.29. The number of ether oxygens (including phenoxy) is 2. The molecule has 0 amide bonds. The average molecular weight is 276 g/mol. The van der Waals surface area contributed by atoms with Crippen LogP contribution in [0.15, 0.2) is 30.3 Å². The van der Waals surface area contributed by atoms with Crippen LogP contribution in [0.4, 0.5) is 0 Å². The molecular weight excluding hydrogens is 252 g/mol. The number of hydrogen-bond acceptors (Lipinski definition) is 3. The van der Waals surface area contributed by atoms with E-state index in [0.717, 1.165) is 19.4 Å². The van der Waals surface area contributed by atoms with Crippen LogP contribution in [0, 0.1) is 5.41 Å². The minimum Gasteiger partial charge on any atom is -0.462 e. The number of esters is 1. The first-order chi connectivity index (χ1) is 9.55. The van der Waals surface area contributed by atoms with Gasteiger partial charge in [-0.3, -0.25) is 4.79 Å². The van der Waals surface area contributed by atoms with Gasteiger partial charge in [0.2, 0.25) is 0 Å². The van der Waals surface area contributed by atoms with E-state index in [9.17, 15) is 4.79 Å². The van der Waals surface area contributed by atoms with Crippen LogP contribution in [0.3, 0.4) is 0 Å². The largest absolute Gasteiger partial charge is 0.462 e. The Labute approximate surface area is 121 Å². The molecule has 1 heterocycles. The summed E-state index contributed by atoms with van der Waals surface area (Å²) in [5.41, 5.74) is 0.843. The van der Waals surface area contributed by atoms with Gasteiger partial charge in [-0.15, -0.1) is 0 Å². The molecule has 3 unspecified atom stereocenters. The second-order valence-electron chi connectivity index (χ2n) is 5.98. The predicted octanol–water partition coefficient (Wildman–Crippen LogP) is 3.54. The van der Waals surface area contributed by atoms with Gasteiger partial charge in [0, 0.05) is 0 Å². The zero-order valence-corrected chi connectivity index (χ0v) is 12.6. The molecule has 3 heteroatoms. The second kappa shape index (κ2) is 6.40. The fraction of sp³-hybridized carbons (Fsp3) is 0.588. The van der Waals surface area contributed by atoms with Crippen LogP contribution in [0.5, 0.6) is 0 Å². The Hall–Kier alpha value is -1.35. The van der Waals surface area contributed by atoms with Crippen LogP contribution < -0.4 is 0 Å². The minimum absolute atomic E-state index is 0.0988. The summed E-state index contributed by atoms with van der Waals surface area (Å²) in [5, 5.41) is 0. The maximum atomic E-state index is 12.3. The molecule has 0 aromatic heterocycles. The van der Waals surface area contributed by atoms with E-state index in [1.165, 1.54) is 5.56 Å². The molecule has 3 atom stereocenters. The Balaban J connectivity index is 1.96. The van der Waals surface area contributed by atoms with Crippen molar-refractivity contribution in [3.05, 3.63) is 35.9 Å². The molecule has 0 radical (unpaired) electrons. The zero-order chi connectivity index (χ0) is 14.6. The predicted molar refractivity (Wildman–Crippen MR) is 78.6 cm³/mol.